The molecule has 1 fully saturated rings. The Morgan fingerprint density at radius 3 is 2.78 bits per heavy atom. The van der Waals surface area contributed by atoms with Gasteiger partial charge in [0, 0.05) is 13.1 Å². The van der Waals surface area contributed by atoms with Crippen molar-refractivity contribution in [3.63, 3.8) is 0 Å². The van der Waals surface area contributed by atoms with Crippen LogP contribution in [-0.4, -0.2) is 43.2 Å². The Balaban J connectivity index is 1.80. The van der Waals surface area contributed by atoms with E-state index in [2.05, 4.69) is 4.74 Å². The molecule has 1 aromatic carbocycles. The minimum atomic E-state index is -0.634. The molecule has 6 nitrogen and oxygen atoms in total. The normalized spacial score (nSPS) is 19.0. The van der Waals surface area contributed by atoms with Crippen LogP contribution in [0.25, 0.3) is 0 Å². The number of hydrogen-bond donors (Lipinski definition) is 1. The number of esters is 1. The van der Waals surface area contributed by atoms with Crippen molar-refractivity contribution in [3.8, 4) is 0 Å². The quantitative estimate of drug-likeness (QED) is 0.838. The van der Waals surface area contributed by atoms with Crippen LogP contribution in [0.3, 0.4) is 0 Å². The Morgan fingerprint density at radius 1 is 1.35 bits per heavy atom. The summed E-state index contributed by atoms with van der Waals surface area (Å²) in [7, 11) is 1.33. The van der Waals surface area contributed by atoms with E-state index < -0.39 is 12.0 Å². The van der Waals surface area contributed by atoms with Crippen molar-refractivity contribution < 1.29 is 19.1 Å². The van der Waals surface area contributed by atoms with E-state index in [-0.39, 0.29) is 18.6 Å². The molecule has 2 atom stereocenters. The van der Waals surface area contributed by atoms with Crippen LogP contribution in [0.2, 0.25) is 0 Å². The van der Waals surface area contributed by atoms with E-state index >= 15 is 0 Å². The van der Waals surface area contributed by atoms with Gasteiger partial charge in [0.05, 0.1) is 7.11 Å². The fraction of sp³-hybridized carbons (Fsp3) is 0.529. The zero-order valence-electron chi connectivity index (χ0n) is 13.4. The molecule has 1 heterocycles. The van der Waals surface area contributed by atoms with Gasteiger partial charge in [-0.2, -0.15) is 0 Å². The van der Waals surface area contributed by atoms with E-state index in [1.807, 2.05) is 30.3 Å². The maximum atomic E-state index is 12.2. The Labute approximate surface area is 136 Å². The molecule has 1 aromatic rings. The van der Waals surface area contributed by atoms with Crippen LogP contribution < -0.4 is 5.73 Å². The number of piperidine rings is 1. The van der Waals surface area contributed by atoms with Gasteiger partial charge in [0.2, 0.25) is 0 Å². The maximum Gasteiger partial charge on any atom is 0.410 e. The Hall–Kier alpha value is -2.08. The molecule has 2 N–H and O–H groups in total. The van der Waals surface area contributed by atoms with Gasteiger partial charge in [0.15, 0.2) is 0 Å². The molecule has 1 aliphatic rings. The van der Waals surface area contributed by atoms with Crippen LogP contribution in [0.1, 0.15) is 24.8 Å². The number of rotatable bonds is 5. The molecule has 1 amide bonds. The molecule has 0 aliphatic carbocycles. The summed E-state index contributed by atoms with van der Waals surface area (Å²) >= 11 is 0. The van der Waals surface area contributed by atoms with Crippen molar-refractivity contribution in [1.82, 2.24) is 4.90 Å². The molecular formula is C17H24N2O4. The zero-order valence-corrected chi connectivity index (χ0v) is 13.4. The van der Waals surface area contributed by atoms with Crippen LogP contribution in [0, 0.1) is 5.92 Å². The summed E-state index contributed by atoms with van der Waals surface area (Å²) in [6.07, 6.45) is 2.05. The summed E-state index contributed by atoms with van der Waals surface area (Å²) in [4.78, 5) is 25.3. The first kappa shape index (κ1) is 17.3. The SMILES string of the molecule is COC(=O)C(N)CC1CCCN(C(=O)OCc2ccccc2)C1. The molecule has 2 rings (SSSR count). The third-order valence-corrected chi connectivity index (χ3v) is 4.07. The van der Waals surface area contributed by atoms with Gasteiger partial charge in [-0.15, -0.1) is 0 Å². The Kier molecular flexibility index (Phi) is 6.40. The van der Waals surface area contributed by atoms with E-state index in [4.69, 9.17) is 10.5 Å². The lowest BCUT2D eigenvalue weighted by molar-refractivity contribution is -0.142. The van der Waals surface area contributed by atoms with Crippen LogP contribution in [0.15, 0.2) is 30.3 Å². The van der Waals surface area contributed by atoms with E-state index in [1.165, 1.54) is 7.11 Å². The minimum Gasteiger partial charge on any atom is -0.468 e. The molecule has 0 spiro atoms. The monoisotopic (exact) mass is 320 g/mol. The highest BCUT2D eigenvalue weighted by atomic mass is 16.6. The van der Waals surface area contributed by atoms with Crippen LogP contribution >= 0.6 is 0 Å². The van der Waals surface area contributed by atoms with Crippen LogP contribution in [-0.2, 0) is 20.9 Å². The standard InChI is InChI=1S/C17H24N2O4/c1-22-16(20)15(18)10-14-8-5-9-19(11-14)17(21)23-12-13-6-3-2-4-7-13/h2-4,6-7,14-15H,5,8-12,18H2,1H3. The number of amides is 1. The number of ether oxygens (including phenoxy) is 2. The minimum absolute atomic E-state index is 0.196. The van der Waals surface area contributed by atoms with Gasteiger partial charge in [-0.05, 0) is 30.7 Å². The number of hydrogen-bond acceptors (Lipinski definition) is 5. The second kappa shape index (κ2) is 8.53. The lowest BCUT2D eigenvalue weighted by Crippen LogP contribution is -2.43. The number of nitrogens with two attached hydrogens (primary N) is 1. The maximum absolute atomic E-state index is 12.2. The predicted octanol–water partition coefficient (Wildman–Crippen LogP) is 1.93. The highest BCUT2D eigenvalue weighted by Crippen LogP contribution is 2.21. The smallest absolute Gasteiger partial charge is 0.410 e. The highest BCUT2D eigenvalue weighted by molar-refractivity contribution is 5.75. The summed E-state index contributed by atoms with van der Waals surface area (Å²) in [6, 6.07) is 8.95. The number of carbonyl (C=O) groups excluding carboxylic acids is 2. The van der Waals surface area contributed by atoms with Gasteiger partial charge in [-0.3, -0.25) is 4.79 Å². The predicted molar refractivity (Wildman–Crippen MR) is 85.5 cm³/mol. The van der Waals surface area contributed by atoms with Crippen molar-refractivity contribution >= 4 is 12.1 Å². The van der Waals surface area contributed by atoms with Gasteiger partial charge >= 0.3 is 12.1 Å². The topological polar surface area (TPSA) is 81.9 Å². The molecule has 1 aliphatic heterocycles. The van der Waals surface area contributed by atoms with Crippen molar-refractivity contribution in [2.24, 2.45) is 11.7 Å². The molecule has 0 radical (unpaired) electrons. The first-order valence-corrected chi connectivity index (χ1v) is 7.89. The number of likely N-dealkylation sites (tertiary alicyclic amines) is 1. The average Bonchev–Trinajstić information content (AvgIpc) is 2.60. The molecule has 1 saturated heterocycles. The summed E-state index contributed by atoms with van der Waals surface area (Å²) < 4.78 is 10.00. The molecular weight excluding hydrogens is 296 g/mol. The lowest BCUT2D eigenvalue weighted by atomic mass is 9.92. The van der Waals surface area contributed by atoms with Crippen molar-refractivity contribution in [2.75, 3.05) is 20.2 Å². The van der Waals surface area contributed by atoms with Crippen LogP contribution in [0.5, 0.6) is 0 Å². The highest BCUT2D eigenvalue weighted by Gasteiger charge is 2.28. The molecule has 0 aromatic heterocycles. The second-order valence-corrected chi connectivity index (χ2v) is 5.86. The largest absolute Gasteiger partial charge is 0.468 e. The van der Waals surface area contributed by atoms with Gasteiger partial charge in [0.25, 0.3) is 0 Å². The van der Waals surface area contributed by atoms with E-state index in [0.29, 0.717) is 19.5 Å². The molecule has 2 unspecified atom stereocenters. The molecule has 0 saturated carbocycles. The summed E-state index contributed by atoms with van der Waals surface area (Å²) in [5, 5.41) is 0. The summed E-state index contributed by atoms with van der Waals surface area (Å²) in [5.74, 6) is -0.212. The van der Waals surface area contributed by atoms with Gasteiger partial charge in [0.1, 0.15) is 12.6 Å². The first-order chi connectivity index (χ1) is 11.1. The Morgan fingerprint density at radius 2 is 2.09 bits per heavy atom. The number of benzene rings is 1. The fourth-order valence-electron chi connectivity index (χ4n) is 2.84. The van der Waals surface area contributed by atoms with E-state index in [0.717, 1.165) is 18.4 Å². The number of methoxy groups -OCH3 is 1. The summed E-state index contributed by atoms with van der Waals surface area (Å²) in [6.45, 7) is 1.51. The third kappa shape index (κ3) is 5.25. The van der Waals surface area contributed by atoms with Crippen LogP contribution in [0.4, 0.5) is 4.79 Å². The zero-order chi connectivity index (χ0) is 16.7. The van der Waals surface area contributed by atoms with Gasteiger partial charge in [-0.1, -0.05) is 30.3 Å². The van der Waals surface area contributed by atoms with Gasteiger partial charge in [-0.25, -0.2) is 4.79 Å². The summed E-state index contributed by atoms with van der Waals surface area (Å²) in [5.41, 5.74) is 6.77. The van der Waals surface area contributed by atoms with Crippen molar-refractivity contribution in [1.29, 1.82) is 0 Å². The van der Waals surface area contributed by atoms with Crippen molar-refractivity contribution in [3.05, 3.63) is 35.9 Å². The first-order valence-electron chi connectivity index (χ1n) is 7.89. The molecule has 6 heteroatoms. The molecule has 0 bridgehead atoms. The average molecular weight is 320 g/mol. The van der Waals surface area contributed by atoms with E-state index in [9.17, 15) is 9.59 Å². The van der Waals surface area contributed by atoms with Crippen molar-refractivity contribution in [2.45, 2.75) is 31.9 Å². The molecule has 23 heavy (non-hydrogen) atoms. The van der Waals surface area contributed by atoms with Gasteiger partial charge < -0.3 is 20.1 Å². The fourth-order valence-corrected chi connectivity index (χ4v) is 2.84. The number of nitrogens with zero attached hydrogens (tertiary/aromatic N) is 1. The lowest BCUT2D eigenvalue weighted by Gasteiger charge is -2.32. The second-order valence-electron chi connectivity index (χ2n) is 5.86. The third-order valence-electron chi connectivity index (χ3n) is 4.07. The Bertz CT molecular complexity index is 521. The number of carbonyl (C=O) groups is 2. The van der Waals surface area contributed by atoms with E-state index in [1.54, 1.807) is 4.90 Å². The molecule has 126 valence electrons.